The van der Waals surface area contributed by atoms with Crippen LogP contribution in [0.3, 0.4) is 0 Å². The average molecular weight is 393 g/mol. The van der Waals surface area contributed by atoms with Gasteiger partial charge in [-0.15, -0.1) is 0 Å². The number of aromatic nitrogens is 4. The summed E-state index contributed by atoms with van der Waals surface area (Å²) in [4.78, 5) is 24.3. The Labute approximate surface area is 163 Å². The first-order valence-corrected chi connectivity index (χ1v) is 8.43. The minimum atomic E-state index is -1.08. The summed E-state index contributed by atoms with van der Waals surface area (Å²) >= 11 is 0. The van der Waals surface area contributed by atoms with Crippen molar-refractivity contribution in [2.75, 3.05) is 5.32 Å². The lowest BCUT2D eigenvalue weighted by Crippen LogP contribution is -2.12. The number of hydrogen-bond acceptors (Lipinski definition) is 5. The quantitative estimate of drug-likeness (QED) is 0.555. The predicted molar refractivity (Wildman–Crippen MR) is 100.0 cm³/mol. The van der Waals surface area contributed by atoms with Crippen LogP contribution in [0.2, 0.25) is 0 Å². The Bertz CT molecular complexity index is 1150. The van der Waals surface area contributed by atoms with Gasteiger partial charge in [0.25, 0.3) is 5.91 Å². The zero-order valence-electron chi connectivity index (χ0n) is 14.8. The molecule has 2 heterocycles. The minimum Gasteiger partial charge on any atom is -0.439 e. The molecule has 4 rings (SSSR count). The number of rotatable bonds is 5. The third-order valence-electron chi connectivity index (χ3n) is 3.91. The number of benzene rings is 2. The number of anilines is 1. The van der Waals surface area contributed by atoms with E-state index in [1.807, 2.05) is 0 Å². The Morgan fingerprint density at radius 2 is 1.83 bits per heavy atom. The number of carbonyl (C=O) groups is 1. The molecule has 0 bridgehead atoms. The van der Waals surface area contributed by atoms with Gasteiger partial charge in [-0.25, -0.2) is 23.7 Å². The molecule has 0 saturated carbocycles. The third kappa shape index (κ3) is 4.24. The van der Waals surface area contributed by atoms with Crippen molar-refractivity contribution >= 4 is 11.6 Å². The lowest BCUT2D eigenvalue weighted by molar-refractivity contribution is 0.102. The average Bonchev–Trinajstić information content (AvgIpc) is 3.27. The number of imidazole rings is 1. The highest BCUT2D eigenvalue weighted by Gasteiger charge is 2.10. The first-order chi connectivity index (χ1) is 14.1. The van der Waals surface area contributed by atoms with Crippen molar-refractivity contribution in [3.8, 4) is 17.4 Å². The molecule has 4 aromatic rings. The Balaban J connectivity index is 1.43. The maximum atomic E-state index is 13.3. The summed E-state index contributed by atoms with van der Waals surface area (Å²) in [7, 11) is 0. The molecule has 0 aliphatic heterocycles. The monoisotopic (exact) mass is 393 g/mol. The SMILES string of the molecule is O=C(Nc1ccc(Oc2cc(-n3ccnc3)ncn2)cc1)c1ccc(F)c(F)c1. The Morgan fingerprint density at radius 1 is 1.00 bits per heavy atom. The van der Waals surface area contributed by atoms with E-state index in [9.17, 15) is 13.6 Å². The van der Waals surface area contributed by atoms with Crippen LogP contribution in [0.4, 0.5) is 14.5 Å². The summed E-state index contributed by atoms with van der Waals surface area (Å²) in [5.74, 6) is -1.22. The lowest BCUT2D eigenvalue weighted by atomic mass is 10.2. The molecule has 29 heavy (non-hydrogen) atoms. The van der Waals surface area contributed by atoms with Crippen molar-refractivity contribution < 1.29 is 18.3 Å². The van der Waals surface area contributed by atoms with Crippen LogP contribution < -0.4 is 10.1 Å². The molecule has 2 aromatic heterocycles. The van der Waals surface area contributed by atoms with Gasteiger partial charge in [-0.1, -0.05) is 0 Å². The maximum absolute atomic E-state index is 13.3. The van der Waals surface area contributed by atoms with Gasteiger partial charge in [0.2, 0.25) is 5.88 Å². The molecule has 0 fully saturated rings. The van der Waals surface area contributed by atoms with Crippen molar-refractivity contribution in [1.29, 1.82) is 0 Å². The Kier molecular flexibility index (Phi) is 4.93. The lowest BCUT2D eigenvalue weighted by Gasteiger charge is -2.08. The summed E-state index contributed by atoms with van der Waals surface area (Å²) < 4.78 is 33.7. The van der Waals surface area contributed by atoms with Gasteiger partial charge in [0.15, 0.2) is 11.6 Å². The molecule has 1 N–H and O–H groups in total. The fraction of sp³-hybridized carbons (Fsp3) is 0. The molecule has 0 aliphatic carbocycles. The largest absolute Gasteiger partial charge is 0.439 e. The molecule has 1 amide bonds. The summed E-state index contributed by atoms with van der Waals surface area (Å²) in [5.41, 5.74) is 0.478. The van der Waals surface area contributed by atoms with Crippen LogP contribution in [0.1, 0.15) is 10.4 Å². The van der Waals surface area contributed by atoms with E-state index in [0.717, 1.165) is 12.1 Å². The summed E-state index contributed by atoms with van der Waals surface area (Å²) in [5, 5.41) is 2.60. The van der Waals surface area contributed by atoms with Gasteiger partial charge in [0.1, 0.15) is 24.2 Å². The van der Waals surface area contributed by atoms with Gasteiger partial charge in [-0.2, -0.15) is 0 Å². The molecule has 0 spiro atoms. The van der Waals surface area contributed by atoms with Crippen LogP contribution in [-0.2, 0) is 0 Å². The van der Waals surface area contributed by atoms with Crippen LogP contribution in [0.5, 0.6) is 11.6 Å². The van der Waals surface area contributed by atoms with Gasteiger partial charge >= 0.3 is 0 Å². The molecular weight excluding hydrogens is 380 g/mol. The van der Waals surface area contributed by atoms with Gasteiger partial charge in [-0.05, 0) is 42.5 Å². The fourth-order valence-corrected chi connectivity index (χ4v) is 2.49. The third-order valence-corrected chi connectivity index (χ3v) is 3.91. The van der Waals surface area contributed by atoms with E-state index in [1.165, 1.54) is 12.4 Å². The normalized spacial score (nSPS) is 10.6. The molecular formula is C20H13F2N5O2. The Morgan fingerprint density at radius 3 is 2.55 bits per heavy atom. The van der Waals surface area contributed by atoms with Crippen LogP contribution in [-0.4, -0.2) is 25.4 Å². The topological polar surface area (TPSA) is 81.9 Å². The number of amides is 1. The van der Waals surface area contributed by atoms with E-state index in [0.29, 0.717) is 23.1 Å². The van der Waals surface area contributed by atoms with Crippen molar-refractivity contribution in [1.82, 2.24) is 19.5 Å². The van der Waals surface area contributed by atoms with Crippen molar-refractivity contribution in [3.05, 3.63) is 90.8 Å². The molecule has 7 nitrogen and oxygen atoms in total. The van der Waals surface area contributed by atoms with E-state index in [1.54, 1.807) is 53.6 Å². The zero-order chi connectivity index (χ0) is 20.2. The summed E-state index contributed by atoms with van der Waals surface area (Å²) in [6.45, 7) is 0. The minimum absolute atomic E-state index is 0.0113. The van der Waals surface area contributed by atoms with E-state index in [-0.39, 0.29) is 5.56 Å². The molecule has 0 radical (unpaired) electrons. The number of carbonyl (C=O) groups excluding carboxylic acids is 1. The second kappa shape index (κ2) is 7.85. The molecule has 0 atom stereocenters. The van der Waals surface area contributed by atoms with Gasteiger partial charge < -0.3 is 10.1 Å². The zero-order valence-corrected chi connectivity index (χ0v) is 14.8. The molecule has 0 unspecified atom stereocenters. The van der Waals surface area contributed by atoms with Crippen LogP contribution in [0.25, 0.3) is 5.82 Å². The second-order valence-corrected chi connectivity index (χ2v) is 5.89. The number of nitrogens with zero attached hydrogens (tertiary/aromatic N) is 4. The molecule has 144 valence electrons. The molecule has 0 aliphatic rings. The number of ether oxygens (including phenoxy) is 1. The maximum Gasteiger partial charge on any atom is 0.255 e. The van der Waals surface area contributed by atoms with Gasteiger partial charge in [0, 0.05) is 29.7 Å². The highest BCUT2D eigenvalue weighted by molar-refractivity contribution is 6.04. The summed E-state index contributed by atoms with van der Waals surface area (Å²) in [6, 6.07) is 11.1. The van der Waals surface area contributed by atoms with Crippen molar-refractivity contribution in [2.24, 2.45) is 0 Å². The fourth-order valence-electron chi connectivity index (χ4n) is 2.49. The second-order valence-electron chi connectivity index (χ2n) is 5.89. The predicted octanol–water partition coefficient (Wildman–Crippen LogP) is 3.99. The van der Waals surface area contributed by atoms with Crippen molar-refractivity contribution in [2.45, 2.75) is 0 Å². The Hall–Kier alpha value is -4.14. The molecule has 9 heteroatoms. The standard InChI is InChI=1S/C20H13F2N5O2/c21-16-6-1-13(9-17(16)22)20(28)26-14-2-4-15(5-3-14)29-19-10-18(24-11-25-19)27-8-7-23-12-27/h1-12H,(H,26,28). The van der Waals surface area contributed by atoms with Crippen molar-refractivity contribution in [3.63, 3.8) is 0 Å². The van der Waals surface area contributed by atoms with E-state index >= 15 is 0 Å². The van der Waals surface area contributed by atoms with E-state index in [2.05, 4.69) is 20.3 Å². The molecule has 2 aromatic carbocycles. The van der Waals surface area contributed by atoms with Crippen LogP contribution in [0, 0.1) is 11.6 Å². The van der Waals surface area contributed by atoms with E-state index in [4.69, 9.17) is 4.74 Å². The van der Waals surface area contributed by atoms with Crippen LogP contribution >= 0.6 is 0 Å². The van der Waals surface area contributed by atoms with Gasteiger partial charge in [-0.3, -0.25) is 9.36 Å². The van der Waals surface area contributed by atoms with Crippen LogP contribution in [0.15, 0.2) is 73.6 Å². The first kappa shape index (κ1) is 18.2. The summed E-state index contributed by atoms with van der Waals surface area (Å²) in [6.07, 6.45) is 6.37. The number of halogens is 2. The smallest absolute Gasteiger partial charge is 0.255 e. The molecule has 0 saturated heterocycles. The highest BCUT2D eigenvalue weighted by atomic mass is 19.2. The van der Waals surface area contributed by atoms with E-state index < -0.39 is 17.5 Å². The first-order valence-electron chi connectivity index (χ1n) is 8.43. The van der Waals surface area contributed by atoms with Gasteiger partial charge in [0.05, 0.1) is 0 Å². The number of nitrogens with one attached hydrogen (secondary N) is 1. The number of hydrogen-bond donors (Lipinski definition) is 1. The highest BCUT2D eigenvalue weighted by Crippen LogP contribution is 2.22.